The van der Waals surface area contributed by atoms with Crippen molar-refractivity contribution in [2.75, 3.05) is 11.4 Å². The molecule has 2 N–H and O–H groups in total. The van der Waals surface area contributed by atoms with Gasteiger partial charge in [0.1, 0.15) is 0 Å². The number of pyridine rings is 1. The van der Waals surface area contributed by atoms with E-state index in [0.29, 0.717) is 13.0 Å². The maximum absolute atomic E-state index is 11.9. The van der Waals surface area contributed by atoms with Crippen molar-refractivity contribution in [3.8, 4) is 0 Å². The van der Waals surface area contributed by atoms with E-state index in [1.54, 1.807) is 17.3 Å². The number of likely N-dealkylation sites (N-methyl/N-ethyl adjacent to an activating group) is 1. The topological polar surface area (TPSA) is 59.2 Å². The maximum atomic E-state index is 11.9. The highest BCUT2D eigenvalue weighted by Crippen LogP contribution is 2.13. The first kappa shape index (κ1) is 11.7. The third-order valence-corrected chi connectivity index (χ3v) is 2.31. The van der Waals surface area contributed by atoms with Crippen LogP contribution < -0.4 is 10.6 Å². The SMILES string of the molecule is CC[C@@H](N)C(=O)N(CC)c1ccncc1. The Hall–Kier alpha value is -1.42. The molecule has 4 nitrogen and oxygen atoms in total. The summed E-state index contributed by atoms with van der Waals surface area (Å²) in [6.07, 6.45) is 3.99. The fourth-order valence-electron chi connectivity index (χ4n) is 1.36. The summed E-state index contributed by atoms with van der Waals surface area (Å²) in [6, 6.07) is 3.20. The molecule has 1 rings (SSSR count). The molecular weight excluding hydrogens is 190 g/mol. The van der Waals surface area contributed by atoms with Gasteiger partial charge in [-0.15, -0.1) is 0 Å². The van der Waals surface area contributed by atoms with Gasteiger partial charge in [0.15, 0.2) is 0 Å². The normalized spacial score (nSPS) is 12.2. The molecule has 4 heteroatoms. The zero-order valence-electron chi connectivity index (χ0n) is 9.18. The first-order valence-electron chi connectivity index (χ1n) is 5.17. The summed E-state index contributed by atoms with van der Waals surface area (Å²) in [6.45, 7) is 4.46. The van der Waals surface area contributed by atoms with Crippen LogP contribution in [0, 0.1) is 0 Å². The van der Waals surface area contributed by atoms with Crippen molar-refractivity contribution >= 4 is 11.6 Å². The smallest absolute Gasteiger partial charge is 0.243 e. The second kappa shape index (κ2) is 5.46. The van der Waals surface area contributed by atoms with Gasteiger partial charge in [0.25, 0.3) is 0 Å². The summed E-state index contributed by atoms with van der Waals surface area (Å²) < 4.78 is 0. The maximum Gasteiger partial charge on any atom is 0.243 e. The van der Waals surface area contributed by atoms with Crippen molar-refractivity contribution in [1.29, 1.82) is 0 Å². The van der Waals surface area contributed by atoms with Gasteiger partial charge < -0.3 is 10.6 Å². The lowest BCUT2D eigenvalue weighted by atomic mass is 10.2. The number of carbonyl (C=O) groups is 1. The summed E-state index contributed by atoms with van der Waals surface area (Å²) >= 11 is 0. The van der Waals surface area contributed by atoms with Gasteiger partial charge in [-0.25, -0.2) is 0 Å². The van der Waals surface area contributed by atoms with Crippen molar-refractivity contribution in [1.82, 2.24) is 4.98 Å². The first-order chi connectivity index (χ1) is 7.20. The number of amides is 1. The number of hydrogen-bond donors (Lipinski definition) is 1. The Morgan fingerprint density at radius 3 is 2.53 bits per heavy atom. The monoisotopic (exact) mass is 207 g/mol. The minimum atomic E-state index is -0.418. The molecule has 0 unspecified atom stereocenters. The summed E-state index contributed by atoms with van der Waals surface area (Å²) in [4.78, 5) is 17.5. The lowest BCUT2D eigenvalue weighted by Crippen LogP contribution is -2.43. The molecule has 0 aromatic carbocycles. The highest BCUT2D eigenvalue weighted by molar-refractivity contribution is 5.96. The molecule has 0 aliphatic rings. The first-order valence-corrected chi connectivity index (χ1v) is 5.17. The largest absolute Gasteiger partial charge is 0.320 e. The molecule has 1 aromatic rings. The molecular formula is C11H17N3O. The second-order valence-corrected chi connectivity index (χ2v) is 3.30. The molecule has 1 aromatic heterocycles. The third-order valence-electron chi connectivity index (χ3n) is 2.31. The van der Waals surface area contributed by atoms with Crippen LogP contribution in [0.2, 0.25) is 0 Å². The average molecular weight is 207 g/mol. The molecule has 1 amide bonds. The standard InChI is InChI=1S/C11H17N3O/c1-3-10(12)11(15)14(4-2)9-5-7-13-8-6-9/h5-8,10H,3-4,12H2,1-2H3/t10-/m1/s1. The van der Waals surface area contributed by atoms with Crippen LogP contribution in [0.3, 0.4) is 0 Å². The van der Waals surface area contributed by atoms with Crippen molar-refractivity contribution in [3.63, 3.8) is 0 Å². The summed E-state index contributed by atoms with van der Waals surface area (Å²) in [5.41, 5.74) is 6.57. The molecule has 82 valence electrons. The zero-order chi connectivity index (χ0) is 11.3. The van der Waals surface area contributed by atoms with Crippen LogP contribution in [0.5, 0.6) is 0 Å². The highest BCUT2D eigenvalue weighted by atomic mass is 16.2. The van der Waals surface area contributed by atoms with Gasteiger partial charge in [0, 0.05) is 24.6 Å². The molecule has 0 bridgehead atoms. The predicted molar refractivity (Wildman–Crippen MR) is 60.5 cm³/mol. The Labute approximate surface area is 90.1 Å². The van der Waals surface area contributed by atoms with Crippen molar-refractivity contribution in [3.05, 3.63) is 24.5 Å². The molecule has 0 saturated carbocycles. The van der Waals surface area contributed by atoms with Crippen LogP contribution >= 0.6 is 0 Å². The van der Waals surface area contributed by atoms with E-state index in [0.717, 1.165) is 5.69 Å². The van der Waals surface area contributed by atoms with E-state index >= 15 is 0 Å². The number of nitrogens with zero attached hydrogens (tertiary/aromatic N) is 2. The number of rotatable bonds is 4. The van der Waals surface area contributed by atoms with Gasteiger partial charge in [-0.1, -0.05) is 6.92 Å². The van der Waals surface area contributed by atoms with Crippen LogP contribution in [0.1, 0.15) is 20.3 Å². The van der Waals surface area contributed by atoms with Gasteiger partial charge in [-0.2, -0.15) is 0 Å². The second-order valence-electron chi connectivity index (χ2n) is 3.30. The van der Waals surface area contributed by atoms with Gasteiger partial charge in [-0.3, -0.25) is 9.78 Å². The number of anilines is 1. The number of hydrogen-bond acceptors (Lipinski definition) is 3. The molecule has 15 heavy (non-hydrogen) atoms. The fourth-order valence-corrected chi connectivity index (χ4v) is 1.36. The Balaban J connectivity index is 2.85. The number of carbonyl (C=O) groups excluding carboxylic acids is 1. The molecule has 0 radical (unpaired) electrons. The Kier molecular flexibility index (Phi) is 4.24. The summed E-state index contributed by atoms with van der Waals surface area (Å²) in [7, 11) is 0. The molecule has 0 saturated heterocycles. The summed E-state index contributed by atoms with van der Waals surface area (Å²) in [5.74, 6) is -0.0359. The quantitative estimate of drug-likeness (QED) is 0.806. The lowest BCUT2D eigenvalue weighted by Gasteiger charge is -2.23. The van der Waals surface area contributed by atoms with E-state index in [1.165, 1.54) is 0 Å². The fraction of sp³-hybridized carbons (Fsp3) is 0.455. The number of aromatic nitrogens is 1. The lowest BCUT2D eigenvalue weighted by molar-refractivity contribution is -0.119. The molecule has 0 spiro atoms. The van der Waals surface area contributed by atoms with E-state index in [-0.39, 0.29) is 5.91 Å². The van der Waals surface area contributed by atoms with Crippen molar-refractivity contribution < 1.29 is 4.79 Å². The summed E-state index contributed by atoms with van der Waals surface area (Å²) in [5, 5.41) is 0. The molecule has 0 aliphatic heterocycles. The van der Waals surface area contributed by atoms with Crippen LogP contribution in [0.25, 0.3) is 0 Å². The molecule has 0 fully saturated rings. The predicted octanol–water partition coefficient (Wildman–Crippen LogP) is 1.17. The van der Waals surface area contributed by atoms with Gasteiger partial charge in [-0.05, 0) is 25.5 Å². The van der Waals surface area contributed by atoms with Crippen LogP contribution in [-0.2, 0) is 4.79 Å². The average Bonchev–Trinajstić information content (AvgIpc) is 2.30. The van der Waals surface area contributed by atoms with Crippen LogP contribution in [-0.4, -0.2) is 23.5 Å². The highest BCUT2D eigenvalue weighted by Gasteiger charge is 2.19. The van der Waals surface area contributed by atoms with Gasteiger partial charge in [0.2, 0.25) is 5.91 Å². The van der Waals surface area contributed by atoms with Gasteiger partial charge >= 0.3 is 0 Å². The minimum Gasteiger partial charge on any atom is -0.320 e. The van der Waals surface area contributed by atoms with Crippen LogP contribution in [0.4, 0.5) is 5.69 Å². The van der Waals surface area contributed by atoms with E-state index in [9.17, 15) is 4.79 Å². The van der Waals surface area contributed by atoms with Crippen molar-refractivity contribution in [2.45, 2.75) is 26.3 Å². The minimum absolute atomic E-state index is 0.0359. The van der Waals surface area contributed by atoms with E-state index < -0.39 is 6.04 Å². The van der Waals surface area contributed by atoms with Crippen LogP contribution in [0.15, 0.2) is 24.5 Å². The Morgan fingerprint density at radius 2 is 2.07 bits per heavy atom. The van der Waals surface area contributed by atoms with E-state index in [2.05, 4.69) is 4.98 Å². The molecule has 0 aliphatic carbocycles. The van der Waals surface area contributed by atoms with Crippen molar-refractivity contribution in [2.24, 2.45) is 5.73 Å². The number of nitrogens with two attached hydrogens (primary N) is 1. The Morgan fingerprint density at radius 1 is 1.47 bits per heavy atom. The third kappa shape index (κ3) is 2.76. The molecule has 1 heterocycles. The van der Waals surface area contributed by atoms with E-state index in [4.69, 9.17) is 5.73 Å². The zero-order valence-corrected chi connectivity index (χ0v) is 9.18. The molecule has 1 atom stereocenters. The van der Waals surface area contributed by atoms with Gasteiger partial charge in [0.05, 0.1) is 6.04 Å². The Bertz CT molecular complexity index is 313. The van der Waals surface area contributed by atoms with E-state index in [1.807, 2.05) is 26.0 Å².